The number of halogens is 1. The molecule has 2 rings (SSSR count). The largest absolute Gasteiger partial charge is 0.493 e. The second-order valence-corrected chi connectivity index (χ2v) is 6.01. The fourth-order valence-electron chi connectivity index (χ4n) is 2.11. The van der Waals surface area contributed by atoms with Gasteiger partial charge < -0.3 is 9.47 Å². The van der Waals surface area contributed by atoms with E-state index in [1.165, 1.54) is 0 Å². The van der Waals surface area contributed by atoms with E-state index in [0.29, 0.717) is 23.7 Å². The van der Waals surface area contributed by atoms with Crippen molar-refractivity contribution in [1.82, 2.24) is 0 Å². The third kappa shape index (κ3) is 3.89. The van der Waals surface area contributed by atoms with Crippen LogP contribution < -0.4 is 9.47 Å². The Kier molecular flexibility index (Phi) is 5.61. The Hall–Kier alpha value is -1.81. The number of carbonyl (C=O) groups is 1. The van der Waals surface area contributed by atoms with E-state index in [9.17, 15) is 4.79 Å². The lowest BCUT2D eigenvalue weighted by Crippen LogP contribution is -2.10. The van der Waals surface area contributed by atoms with Crippen LogP contribution >= 0.6 is 15.9 Å². The first kappa shape index (κ1) is 16.6. The summed E-state index contributed by atoms with van der Waals surface area (Å²) < 4.78 is 11.7. The summed E-state index contributed by atoms with van der Waals surface area (Å²) in [4.78, 5) is 12.3. The zero-order valence-electron chi connectivity index (χ0n) is 12.9. The van der Waals surface area contributed by atoms with Gasteiger partial charge in [-0.05, 0) is 58.6 Å². The molecule has 2 aromatic carbocycles. The van der Waals surface area contributed by atoms with Gasteiger partial charge in [-0.3, -0.25) is 0 Å². The monoisotopic (exact) mass is 362 g/mol. The minimum atomic E-state index is -0.378. The highest BCUT2D eigenvalue weighted by Crippen LogP contribution is 2.29. The summed E-state index contributed by atoms with van der Waals surface area (Å²) in [5.41, 5.74) is 1.50. The van der Waals surface area contributed by atoms with Gasteiger partial charge in [0.2, 0.25) is 0 Å². The number of benzene rings is 2. The minimum Gasteiger partial charge on any atom is -0.493 e. The van der Waals surface area contributed by atoms with Crippen LogP contribution in [0.15, 0.2) is 46.9 Å². The molecule has 0 amide bonds. The summed E-state index contributed by atoms with van der Waals surface area (Å²) in [6, 6.07) is 12.8. The first-order chi connectivity index (χ1) is 10.5. The molecule has 0 aliphatic rings. The van der Waals surface area contributed by atoms with Gasteiger partial charge >= 0.3 is 5.97 Å². The van der Waals surface area contributed by atoms with Gasteiger partial charge in [0.05, 0.1) is 16.6 Å². The second kappa shape index (κ2) is 7.45. The maximum atomic E-state index is 12.3. The minimum absolute atomic E-state index is 0.288. The Labute approximate surface area is 139 Å². The molecule has 0 aliphatic heterocycles. The van der Waals surface area contributed by atoms with Crippen LogP contribution in [0.4, 0.5) is 0 Å². The Bertz CT molecular complexity index is 665. The molecule has 3 nitrogen and oxygen atoms in total. The normalized spacial score (nSPS) is 10.6. The number of esters is 1. The topological polar surface area (TPSA) is 35.5 Å². The lowest BCUT2D eigenvalue weighted by molar-refractivity contribution is 0.0732. The molecule has 0 heterocycles. The quantitative estimate of drug-likeness (QED) is 0.542. The third-order valence-electron chi connectivity index (χ3n) is 3.21. The Morgan fingerprint density at radius 3 is 2.50 bits per heavy atom. The van der Waals surface area contributed by atoms with Gasteiger partial charge in [0.25, 0.3) is 0 Å². The molecule has 0 atom stereocenters. The van der Waals surface area contributed by atoms with E-state index >= 15 is 0 Å². The average molecular weight is 363 g/mol. The number of para-hydroxylation sites is 1. The summed E-state index contributed by atoms with van der Waals surface area (Å²) >= 11 is 3.41. The van der Waals surface area contributed by atoms with Gasteiger partial charge in [-0.2, -0.15) is 0 Å². The van der Waals surface area contributed by atoms with Crippen molar-refractivity contribution >= 4 is 21.9 Å². The van der Waals surface area contributed by atoms with E-state index < -0.39 is 0 Å². The molecule has 0 unspecified atom stereocenters. The number of rotatable bonds is 5. The lowest BCUT2D eigenvalue weighted by atomic mass is 10.0. The molecule has 0 fully saturated rings. The van der Waals surface area contributed by atoms with Crippen molar-refractivity contribution in [2.24, 2.45) is 0 Å². The Morgan fingerprint density at radius 2 is 1.86 bits per heavy atom. The molecular formula is C18H19BrO3. The number of carbonyl (C=O) groups excluding carboxylic acids is 1. The molecule has 0 aliphatic carbocycles. The Balaban J connectivity index is 2.21. The highest BCUT2D eigenvalue weighted by Gasteiger charge is 2.14. The van der Waals surface area contributed by atoms with E-state index in [1.54, 1.807) is 18.2 Å². The maximum Gasteiger partial charge on any atom is 0.343 e. The summed E-state index contributed by atoms with van der Waals surface area (Å²) in [7, 11) is 0. The molecule has 0 spiro atoms. The molecule has 0 radical (unpaired) electrons. The van der Waals surface area contributed by atoms with Gasteiger partial charge in [-0.1, -0.05) is 32.0 Å². The molecule has 0 saturated carbocycles. The van der Waals surface area contributed by atoms with Gasteiger partial charge in [-0.15, -0.1) is 0 Å². The number of ether oxygens (including phenoxy) is 2. The fourth-order valence-corrected chi connectivity index (χ4v) is 2.60. The molecule has 0 saturated heterocycles. The molecule has 0 N–H and O–H groups in total. The lowest BCUT2D eigenvalue weighted by Gasteiger charge is -2.13. The second-order valence-electron chi connectivity index (χ2n) is 5.16. The third-order valence-corrected chi connectivity index (χ3v) is 3.83. The predicted molar refractivity (Wildman–Crippen MR) is 90.8 cm³/mol. The first-order valence-electron chi connectivity index (χ1n) is 7.26. The predicted octanol–water partition coefficient (Wildman–Crippen LogP) is 5.19. The van der Waals surface area contributed by atoms with E-state index in [4.69, 9.17) is 9.47 Å². The molecule has 22 heavy (non-hydrogen) atoms. The van der Waals surface area contributed by atoms with Crippen LogP contribution in [0.1, 0.15) is 42.6 Å². The van der Waals surface area contributed by atoms with Crippen molar-refractivity contribution < 1.29 is 14.3 Å². The molecule has 0 bridgehead atoms. The summed E-state index contributed by atoms with van der Waals surface area (Å²) in [6.45, 7) is 6.63. The summed E-state index contributed by atoms with van der Waals surface area (Å²) in [6.07, 6.45) is 0. The van der Waals surface area contributed by atoms with E-state index in [-0.39, 0.29) is 11.9 Å². The van der Waals surface area contributed by atoms with Crippen molar-refractivity contribution in [2.45, 2.75) is 26.7 Å². The standard InChI is InChI=1S/C18H19BrO3/c1-4-21-17-10-9-13(11-15(17)19)18(20)22-16-8-6-5-7-14(16)12(2)3/h5-12H,4H2,1-3H3. The molecular weight excluding hydrogens is 344 g/mol. The van der Waals surface area contributed by atoms with Crippen molar-refractivity contribution in [3.8, 4) is 11.5 Å². The summed E-state index contributed by atoms with van der Waals surface area (Å²) in [5.74, 6) is 1.22. The molecule has 0 aromatic heterocycles. The van der Waals surface area contributed by atoms with Crippen LogP contribution in [0.25, 0.3) is 0 Å². The van der Waals surface area contributed by atoms with Gasteiger partial charge in [0, 0.05) is 0 Å². The highest BCUT2D eigenvalue weighted by atomic mass is 79.9. The number of hydrogen-bond acceptors (Lipinski definition) is 3. The first-order valence-corrected chi connectivity index (χ1v) is 8.05. The van der Waals surface area contributed by atoms with Crippen LogP contribution in [0.2, 0.25) is 0 Å². The zero-order chi connectivity index (χ0) is 16.1. The maximum absolute atomic E-state index is 12.3. The Morgan fingerprint density at radius 1 is 1.14 bits per heavy atom. The van der Waals surface area contributed by atoms with Crippen LogP contribution in [-0.2, 0) is 0 Å². The van der Waals surface area contributed by atoms with Crippen LogP contribution in [0.5, 0.6) is 11.5 Å². The molecule has 116 valence electrons. The van der Waals surface area contributed by atoms with Crippen LogP contribution in [0, 0.1) is 0 Å². The smallest absolute Gasteiger partial charge is 0.343 e. The van der Waals surface area contributed by atoms with Gasteiger partial charge in [0.1, 0.15) is 11.5 Å². The molecule has 4 heteroatoms. The van der Waals surface area contributed by atoms with Gasteiger partial charge in [-0.25, -0.2) is 4.79 Å². The van der Waals surface area contributed by atoms with Crippen LogP contribution in [0.3, 0.4) is 0 Å². The van der Waals surface area contributed by atoms with E-state index in [1.807, 2.05) is 31.2 Å². The molecule has 2 aromatic rings. The van der Waals surface area contributed by atoms with Crippen molar-refractivity contribution in [3.63, 3.8) is 0 Å². The van der Waals surface area contributed by atoms with Crippen molar-refractivity contribution in [2.75, 3.05) is 6.61 Å². The van der Waals surface area contributed by atoms with Gasteiger partial charge in [0.15, 0.2) is 0 Å². The van der Waals surface area contributed by atoms with Crippen molar-refractivity contribution in [3.05, 3.63) is 58.1 Å². The fraction of sp³-hybridized carbons (Fsp3) is 0.278. The SMILES string of the molecule is CCOc1ccc(C(=O)Oc2ccccc2C(C)C)cc1Br. The highest BCUT2D eigenvalue weighted by molar-refractivity contribution is 9.10. The number of hydrogen-bond donors (Lipinski definition) is 0. The zero-order valence-corrected chi connectivity index (χ0v) is 14.5. The van der Waals surface area contributed by atoms with Crippen molar-refractivity contribution in [1.29, 1.82) is 0 Å². The average Bonchev–Trinajstić information content (AvgIpc) is 2.49. The van der Waals surface area contributed by atoms with E-state index in [0.717, 1.165) is 10.0 Å². The van der Waals surface area contributed by atoms with Crippen LogP contribution in [-0.4, -0.2) is 12.6 Å². The van der Waals surface area contributed by atoms with E-state index in [2.05, 4.69) is 29.8 Å². The summed E-state index contributed by atoms with van der Waals surface area (Å²) in [5, 5.41) is 0.